The molecule has 0 saturated heterocycles. The number of hydrogen-bond donors (Lipinski definition) is 2. The minimum Gasteiger partial charge on any atom is -0.480 e. The van der Waals surface area contributed by atoms with Gasteiger partial charge in [0.15, 0.2) is 0 Å². The molecule has 136 valence electrons. The van der Waals surface area contributed by atoms with E-state index >= 15 is 0 Å². The molecule has 1 aliphatic rings. The summed E-state index contributed by atoms with van der Waals surface area (Å²) in [5, 5.41) is 9.05. The van der Waals surface area contributed by atoms with Crippen LogP contribution >= 0.6 is 0 Å². The first-order chi connectivity index (χ1) is 11.6. The lowest BCUT2D eigenvalue weighted by Gasteiger charge is -2.18. The van der Waals surface area contributed by atoms with Gasteiger partial charge in [0.1, 0.15) is 6.04 Å². The first-order valence-corrected chi connectivity index (χ1v) is 9.47. The van der Waals surface area contributed by atoms with Crippen molar-refractivity contribution in [2.75, 3.05) is 12.3 Å². The smallest absolute Gasteiger partial charge is 0.321 e. The van der Waals surface area contributed by atoms with Crippen LogP contribution in [0.4, 0.5) is 0 Å². The molecule has 1 aromatic rings. The zero-order valence-corrected chi connectivity index (χ0v) is 14.7. The van der Waals surface area contributed by atoms with E-state index in [1.807, 2.05) is 0 Å². The minimum atomic E-state index is -3.85. The molecule has 8 nitrogen and oxygen atoms in total. The van der Waals surface area contributed by atoms with E-state index in [1.54, 1.807) is 38.1 Å². The fraction of sp³-hybridized carbons (Fsp3) is 0.438. The third-order valence-electron chi connectivity index (χ3n) is 3.91. The van der Waals surface area contributed by atoms with Gasteiger partial charge in [0, 0.05) is 6.54 Å². The number of carboxylic acid groups (broad SMARTS) is 1. The van der Waals surface area contributed by atoms with Crippen LogP contribution in [0.5, 0.6) is 0 Å². The Kier molecular flexibility index (Phi) is 5.58. The number of rotatable bonds is 8. The SMILES string of the molecule is CC(C)[C@H](NS(=O)(=O)CCCN1C(=O)c2ccccc2C1=O)C(=O)O. The topological polar surface area (TPSA) is 121 Å². The van der Waals surface area contributed by atoms with Crippen LogP contribution in [0.1, 0.15) is 41.0 Å². The van der Waals surface area contributed by atoms with E-state index < -0.39 is 39.8 Å². The molecule has 0 fully saturated rings. The van der Waals surface area contributed by atoms with Crippen LogP contribution < -0.4 is 4.72 Å². The summed E-state index contributed by atoms with van der Waals surface area (Å²) in [6.45, 7) is 3.15. The zero-order chi connectivity index (χ0) is 18.8. The number of nitrogens with one attached hydrogen (secondary N) is 1. The quantitative estimate of drug-likeness (QED) is 0.652. The van der Waals surface area contributed by atoms with E-state index in [2.05, 4.69) is 4.72 Å². The fourth-order valence-corrected chi connectivity index (χ4v) is 3.97. The van der Waals surface area contributed by atoms with Gasteiger partial charge < -0.3 is 5.11 Å². The first-order valence-electron chi connectivity index (χ1n) is 7.82. The molecule has 2 rings (SSSR count). The second-order valence-electron chi connectivity index (χ2n) is 6.16. The van der Waals surface area contributed by atoms with Gasteiger partial charge in [-0.15, -0.1) is 0 Å². The lowest BCUT2D eigenvalue weighted by atomic mass is 10.1. The van der Waals surface area contributed by atoms with Gasteiger partial charge in [0.05, 0.1) is 16.9 Å². The van der Waals surface area contributed by atoms with E-state index in [1.165, 1.54) is 0 Å². The van der Waals surface area contributed by atoms with Gasteiger partial charge in [-0.25, -0.2) is 13.1 Å². The van der Waals surface area contributed by atoms with Crippen LogP contribution in [-0.4, -0.2) is 54.5 Å². The summed E-state index contributed by atoms with van der Waals surface area (Å²) in [4.78, 5) is 36.5. The predicted octanol–water partition coefficient (Wildman–Crippen LogP) is 0.701. The molecule has 25 heavy (non-hydrogen) atoms. The standard InChI is InChI=1S/C16H20N2O6S/c1-10(2)13(16(21)22)17-25(23,24)9-5-8-18-14(19)11-6-3-4-7-12(11)15(18)20/h3-4,6-7,10,13,17H,5,8-9H2,1-2H3,(H,21,22)/t13-/m0/s1. The van der Waals surface area contributed by atoms with Crippen molar-refractivity contribution in [3.05, 3.63) is 35.4 Å². The number of amides is 2. The molecule has 9 heteroatoms. The van der Waals surface area contributed by atoms with Gasteiger partial charge in [-0.1, -0.05) is 26.0 Å². The van der Waals surface area contributed by atoms with Gasteiger partial charge in [0.2, 0.25) is 10.0 Å². The largest absolute Gasteiger partial charge is 0.480 e. The number of carbonyl (C=O) groups is 3. The van der Waals surface area contributed by atoms with Gasteiger partial charge in [-0.3, -0.25) is 19.3 Å². The normalized spacial score (nSPS) is 15.6. The zero-order valence-electron chi connectivity index (χ0n) is 13.9. The Labute approximate surface area is 145 Å². The van der Waals surface area contributed by atoms with E-state index in [0.717, 1.165) is 4.90 Å². The molecule has 0 aliphatic carbocycles. The number of hydrogen-bond acceptors (Lipinski definition) is 5. The molecule has 2 N–H and O–H groups in total. The predicted molar refractivity (Wildman–Crippen MR) is 89.6 cm³/mol. The maximum absolute atomic E-state index is 12.2. The maximum atomic E-state index is 12.2. The highest BCUT2D eigenvalue weighted by Gasteiger charge is 2.35. The Morgan fingerprint density at radius 2 is 1.68 bits per heavy atom. The molecule has 0 saturated carbocycles. The summed E-state index contributed by atoms with van der Waals surface area (Å²) >= 11 is 0. The molecule has 2 amide bonds. The lowest BCUT2D eigenvalue weighted by Crippen LogP contribution is -2.45. The second kappa shape index (κ2) is 7.32. The summed E-state index contributed by atoms with van der Waals surface area (Å²) < 4.78 is 26.2. The van der Waals surface area contributed by atoms with Crippen molar-refractivity contribution in [2.45, 2.75) is 26.3 Å². The van der Waals surface area contributed by atoms with E-state index in [9.17, 15) is 22.8 Å². The molecule has 0 unspecified atom stereocenters. The van der Waals surface area contributed by atoms with Crippen LogP contribution in [0, 0.1) is 5.92 Å². The number of fused-ring (bicyclic) bond motifs is 1. The van der Waals surface area contributed by atoms with Gasteiger partial charge in [0.25, 0.3) is 11.8 Å². The van der Waals surface area contributed by atoms with Gasteiger partial charge in [-0.2, -0.15) is 0 Å². The maximum Gasteiger partial charge on any atom is 0.321 e. The Morgan fingerprint density at radius 1 is 1.16 bits per heavy atom. The summed E-state index contributed by atoms with van der Waals surface area (Å²) in [6, 6.07) is 5.19. The average Bonchev–Trinajstić information content (AvgIpc) is 2.77. The molecule has 0 radical (unpaired) electrons. The highest BCUT2D eigenvalue weighted by atomic mass is 32.2. The van der Waals surface area contributed by atoms with Crippen molar-refractivity contribution in [3.8, 4) is 0 Å². The molecule has 1 aliphatic heterocycles. The van der Waals surface area contributed by atoms with E-state index in [-0.39, 0.29) is 18.7 Å². The number of sulfonamides is 1. The minimum absolute atomic E-state index is 0.0191. The Hall–Kier alpha value is -2.26. The molecule has 1 atom stereocenters. The number of benzene rings is 1. The van der Waals surface area contributed by atoms with Crippen LogP contribution in [0.25, 0.3) is 0 Å². The number of carbonyl (C=O) groups excluding carboxylic acids is 2. The van der Waals surface area contributed by atoms with Crippen molar-refractivity contribution in [1.82, 2.24) is 9.62 Å². The molecule has 0 bridgehead atoms. The van der Waals surface area contributed by atoms with Crippen molar-refractivity contribution >= 4 is 27.8 Å². The summed E-state index contributed by atoms with van der Waals surface area (Å²) in [6.07, 6.45) is 0.0191. The van der Waals surface area contributed by atoms with Crippen LogP contribution in [0.2, 0.25) is 0 Å². The van der Waals surface area contributed by atoms with Crippen LogP contribution in [0.15, 0.2) is 24.3 Å². The van der Waals surface area contributed by atoms with E-state index in [0.29, 0.717) is 11.1 Å². The second-order valence-corrected chi connectivity index (χ2v) is 8.03. The average molecular weight is 368 g/mol. The lowest BCUT2D eigenvalue weighted by molar-refractivity contribution is -0.140. The third-order valence-corrected chi connectivity index (χ3v) is 5.35. The molecule has 1 heterocycles. The Bertz CT molecular complexity index is 768. The number of nitrogens with zero attached hydrogens (tertiary/aromatic N) is 1. The molecule has 0 spiro atoms. The summed E-state index contributed by atoms with van der Waals surface area (Å²) in [7, 11) is -3.85. The van der Waals surface area contributed by atoms with E-state index in [4.69, 9.17) is 5.11 Å². The van der Waals surface area contributed by atoms with Gasteiger partial charge >= 0.3 is 5.97 Å². The highest BCUT2D eigenvalue weighted by Crippen LogP contribution is 2.22. The van der Waals surface area contributed by atoms with Crippen molar-refractivity contribution in [2.24, 2.45) is 5.92 Å². The van der Waals surface area contributed by atoms with Crippen molar-refractivity contribution in [1.29, 1.82) is 0 Å². The number of carboxylic acids is 1. The van der Waals surface area contributed by atoms with Crippen LogP contribution in [0.3, 0.4) is 0 Å². The highest BCUT2D eigenvalue weighted by molar-refractivity contribution is 7.89. The summed E-state index contributed by atoms with van der Waals surface area (Å²) in [5.74, 6) is -2.94. The molecule has 0 aromatic heterocycles. The Morgan fingerprint density at radius 3 is 2.12 bits per heavy atom. The molecular formula is C16H20N2O6S. The monoisotopic (exact) mass is 368 g/mol. The summed E-state index contributed by atoms with van der Waals surface area (Å²) in [5.41, 5.74) is 0.610. The Balaban J connectivity index is 1.96. The van der Waals surface area contributed by atoms with Gasteiger partial charge in [-0.05, 0) is 24.5 Å². The molecular weight excluding hydrogens is 348 g/mol. The molecule has 1 aromatic carbocycles. The number of imide groups is 1. The van der Waals surface area contributed by atoms with Crippen molar-refractivity contribution < 1.29 is 27.9 Å². The van der Waals surface area contributed by atoms with Crippen molar-refractivity contribution in [3.63, 3.8) is 0 Å². The fourth-order valence-electron chi connectivity index (χ4n) is 2.58. The first kappa shape index (κ1) is 19.1. The number of aliphatic carboxylic acids is 1. The third kappa shape index (κ3) is 4.23. The van der Waals surface area contributed by atoms with Crippen LogP contribution in [-0.2, 0) is 14.8 Å².